The van der Waals surface area contributed by atoms with Crippen LogP contribution in [0.3, 0.4) is 0 Å². The number of hydrogen-bond acceptors (Lipinski definition) is 4. The van der Waals surface area contributed by atoms with E-state index >= 15 is 0 Å². The average molecular weight is 388 g/mol. The fourth-order valence-corrected chi connectivity index (χ4v) is 7.65. The number of nitrogens with two attached hydrogens (primary N) is 1. The first kappa shape index (κ1) is 18.7. The van der Waals surface area contributed by atoms with Crippen molar-refractivity contribution < 1.29 is 5.11 Å². The Morgan fingerprint density at radius 2 is 1.90 bits per heavy atom. The highest BCUT2D eigenvalue weighted by molar-refractivity contribution is 5.77. The molecule has 0 aromatic heterocycles. The summed E-state index contributed by atoms with van der Waals surface area (Å²) in [6, 6.07) is 6.35. The van der Waals surface area contributed by atoms with E-state index in [1.165, 1.54) is 12.0 Å². The third-order valence-corrected chi connectivity index (χ3v) is 9.29. The largest absolute Gasteiger partial charge is 0.397 e. The number of fused-ring (bicyclic) bond motifs is 6. The number of nitrogens with zero attached hydrogens (tertiary/aromatic N) is 2. The first-order valence-corrected chi connectivity index (χ1v) is 11.0. The number of nitriles is 2. The maximum atomic E-state index is 10.7. The number of benzene rings is 1. The zero-order chi connectivity index (χ0) is 20.6. The average Bonchev–Trinajstić information content (AvgIpc) is 3.01. The van der Waals surface area contributed by atoms with Gasteiger partial charge in [0.2, 0.25) is 0 Å². The Bertz CT molecular complexity index is 1010. The van der Waals surface area contributed by atoms with Crippen molar-refractivity contribution in [2.75, 3.05) is 5.73 Å². The van der Waals surface area contributed by atoms with Gasteiger partial charge in [-0.25, -0.2) is 0 Å². The van der Waals surface area contributed by atoms with E-state index in [4.69, 9.17) is 5.73 Å². The molecule has 0 bridgehead atoms. The number of rotatable bonds is 0. The summed E-state index contributed by atoms with van der Waals surface area (Å²) in [5.41, 5.74) is 11.0. The van der Waals surface area contributed by atoms with E-state index < -0.39 is 0 Å². The molecule has 29 heavy (non-hydrogen) atoms. The van der Waals surface area contributed by atoms with Gasteiger partial charge in [0.05, 0.1) is 22.9 Å². The normalized spacial score (nSPS) is 39.8. The SMILES string of the molecule is C[C@]12CC[C@H]3[C@@H](CCC4=Cc5c(cc(C#N)c(N)c5C#N)C[C@@]43C)[C@@H]1CC[C@@H]2O. The third-order valence-electron chi connectivity index (χ3n) is 9.29. The molecule has 4 heteroatoms. The zero-order valence-electron chi connectivity index (χ0n) is 17.3. The summed E-state index contributed by atoms with van der Waals surface area (Å²) in [4.78, 5) is 0. The van der Waals surface area contributed by atoms with Gasteiger partial charge in [-0.1, -0.05) is 25.5 Å². The smallest absolute Gasteiger partial charge is 0.102 e. The van der Waals surface area contributed by atoms with Crippen LogP contribution >= 0.6 is 0 Å². The molecule has 3 fully saturated rings. The van der Waals surface area contributed by atoms with Gasteiger partial charge in [0.15, 0.2) is 0 Å². The van der Waals surface area contributed by atoms with Crippen LogP contribution in [0.4, 0.5) is 5.69 Å². The second-order valence-electron chi connectivity index (χ2n) is 10.3. The molecular formula is C25H29N3O. The number of aliphatic hydroxyl groups excluding tert-OH is 1. The minimum atomic E-state index is -0.148. The van der Waals surface area contributed by atoms with Gasteiger partial charge < -0.3 is 10.8 Å². The molecule has 1 aromatic carbocycles. The summed E-state index contributed by atoms with van der Waals surface area (Å²) in [6.45, 7) is 4.72. The lowest BCUT2D eigenvalue weighted by Crippen LogP contribution is -2.51. The van der Waals surface area contributed by atoms with E-state index in [0.717, 1.165) is 49.7 Å². The summed E-state index contributed by atoms with van der Waals surface area (Å²) in [7, 11) is 0. The van der Waals surface area contributed by atoms with Crippen molar-refractivity contribution in [3.05, 3.63) is 33.9 Å². The molecule has 3 saturated carbocycles. The minimum absolute atomic E-state index is 0.0698. The molecule has 0 heterocycles. The van der Waals surface area contributed by atoms with Crippen molar-refractivity contribution in [3.8, 4) is 12.1 Å². The van der Waals surface area contributed by atoms with Crippen molar-refractivity contribution in [1.29, 1.82) is 10.5 Å². The van der Waals surface area contributed by atoms with Gasteiger partial charge >= 0.3 is 0 Å². The Labute approximate surface area is 173 Å². The van der Waals surface area contributed by atoms with Gasteiger partial charge in [-0.3, -0.25) is 0 Å². The van der Waals surface area contributed by atoms with E-state index in [-0.39, 0.29) is 16.9 Å². The van der Waals surface area contributed by atoms with Crippen LogP contribution in [-0.4, -0.2) is 11.2 Å². The first-order chi connectivity index (χ1) is 13.8. The highest BCUT2D eigenvalue weighted by Gasteiger charge is 2.58. The lowest BCUT2D eigenvalue weighted by molar-refractivity contribution is -0.0703. The molecule has 0 saturated heterocycles. The fraction of sp³-hybridized carbons (Fsp3) is 0.600. The van der Waals surface area contributed by atoms with Crippen molar-refractivity contribution in [1.82, 2.24) is 0 Å². The van der Waals surface area contributed by atoms with E-state index in [2.05, 4.69) is 32.1 Å². The monoisotopic (exact) mass is 387 g/mol. The van der Waals surface area contributed by atoms with E-state index in [0.29, 0.717) is 34.6 Å². The lowest BCUT2D eigenvalue weighted by Gasteiger charge is -2.58. The number of allylic oxidation sites excluding steroid dienone is 1. The lowest BCUT2D eigenvalue weighted by atomic mass is 9.47. The topological polar surface area (TPSA) is 93.8 Å². The van der Waals surface area contributed by atoms with Crippen molar-refractivity contribution in [3.63, 3.8) is 0 Å². The highest BCUT2D eigenvalue weighted by Crippen LogP contribution is 2.65. The molecule has 150 valence electrons. The molecule has 5 rings (SSSR count). The number of aliphatic hydroxyl groups is 1. The molecule has 4 nitrogen and oxygen atoms in total. The van der Waals surface area contributed by atoms with Gasteiger partial charge in [0, 0.05) is 0 Å². The Morgan fingerprint density at radius 3 is 2.62 bits per heavy atom. The second kappa shape index (κ2) is 6.10. The molecular weight excluding hydrogens is 358 g/mol. The molecule has 0 spiro atoms. The summed E-state index contributed by atoms with van der Waals surface area (Å²) < 4.78 is 0. The zero-order valence-corrected chi connectivity index (χ0v) is 17.3. The molecule has 1 aromatic rings. The minimum Gasteiger partial charge on any atom is -0.397 e. The number of anilines is 1. The molecule has 4 aliphatic carbocycles. The van der Waals surface area contributed by atoms with Crippen LogP contribution in [0.15, 0.2) is 11.6 Å². The van der Waals surface area contributed by atoms with E-state index in [1.807, 2.05) is 6.07 Å². The van der Waals surface area contributed by atoms with Crippen molar-refractivity contribution in [2.24, 2.45) is 28.6 Å². The Morgan fingerprint density at radius 1 is 1.10 bits per heavy atom. The fourth-order valence-electron chi connectivity index (χ4n) is 7.65. The molecule has 0 unspecified atom stereocenters. The third kappa shape index (κ3) is 2.33. The van der Waals surface area contributed by atoms with Crippen molar-refractivity contribution in [2.45, 2.75) is 64.9 Å². The van der Waals surface area contributed by atoms with Gasteiger partial charge in [0.25, 0.3) is 0 Å². The maximum absolute atomic E-state index is 10.7. The highest BCUT2D eigenvalue weighted by atomic mass is 16.3. The second-order valence-corrected chi connectivity index (χ2v) is 10.3. The molecule has 0 radical (unpaired) electrons. The van der Waals surface area contributed by atoms with Crippen molar-refractivity contribution >= 4 is 11.8 Å². The number of nitrogen functional groups attached to an aromatic ring is 1. The summed E-state index contributed by atoms with van der Waals surface area (Å²) in [5.74, 6) is 1.88. The first-order valence-electron chi connectivity index (χ1n) is 11.0. The van der Waals surface area contributed by atoms with Gasteiger partial charge in [0.1, 0.15) is 12.1 Å². The Balaban J connectivity index is 1.59. The Kier molecular flexibility index (Phi) is 3.94. The van der Waals surface area contributed by atoms with Crippen LogP contribution in [0, 0.1) is 51.2 Å². The van der Waals surface area contributed by atoms with Crippen LogP contribution in [0.5, 0.6) is 0 Å². The Hall–Kier alpha value is -2.30. The molecule has 0 aliphatic heterocycles. The standard InChI is InChI=1S/C25H29N3O/c1-24-8-7-21-17(20(24)5-6-22(24)29)4-3-16-10-18-14(11-25(16,21)2)9-15(12-26)23(28)19(18)13-27/h9-10,17,20-22,29H,3-8,11,28H2,1-2H3/t17-,20-,21-,22-,24-,25-/m0/s1. The van der Waals surface area contributed by atoms with Crippen LogP contribution < -0.4 is 5.73 Å². The van der Waals surface area contributed by atoms with E-state index in [9.17, 15) is 15.6 Å². The molecule has 4 aliphatic rings. The van der Waals surface area contributed by atoms with E-state index in [1.54, 1.807) is 0 Å². The van der Waals surface area contributed by atoms with Gasteiger partial charge in [-0.05, 0) is 90.7 Å². The predicted molar refractivity (Wildman–Crippen MR) is 112 cm³/mol. The summed E-state index contributed by atoms with van der Waals surface area (Å²) in [5, 5.41) is 29.9. The van der Waals surface area contributed by atoms with Crippen LogP contribution in [-0.2, 0) is 6.42 Å². The van der Waals surface area contributed by atoms with Gasteiger partial charge in [-0.15, -0.1) is 0 Å². The predicted octanol–water partition coefficient (Wildman–Crippen LogP) is 4.56. The van der Waals surface area contributed by atoms with Gasteiger partial charge in [-0.2, -0.15) is 10.5 Å². The van der Waals surface area contributed by atoms with Crippen LogP contribution in [0.2, 0.25) is 0 Å². The summed E-state index contributed by atoms with van der Waals surface area (Å²) >= 11 is 0. The van der Waals surface area contributed by atoms with Crippen LogP contribution in [0.1, 0.15) is 74.6 Å². The number of hydrogen-bond donors (Lipinski definition) is 2. The maximum Gasteiger partial charge on any atom is 0.102 e. The molecule has 6 atom stereocenters. The summed E-state index contributed by atoms with van der Waals surface area (Å²) in [6.07, 6.45) is 9.55. The van der Waals surface area contributed by atoms with Crippen LogP contribution in [0.25, 0.3) is 6.08 Å². The quantitative estimate of drug-likeness (QED) is 0.638. The molecule has 3 N–H and O–H groups in total. The molecule has 0 amide bonds.